The van der Waals surface area contributed by atoms with Crippen molar-refractivity contribution in [1.29, 1.82) is 0 Å². The Morgan fingerprint density at radius 3 is 2.03 bits per heavy atom. The second-order valence-corrected chi connectivity index (χ2v) is 15.9. The van der Waals surface area contributed by atoms with Crippen LogP contribution in [0.15, 0.2) is 77.7 Å². The summed E-state index contributed by atoms with van der Waals surface area (Å²) in [6.07, 6.45) is 2.41. The van der Waals surface area contributed by atoms with E-state index in [1.807, 2.05) is 6.92 Å². The number of hydrogen-bond acceptors (Lipinski definition) is 10. The Hall–Kier alpha value is -6.35. The summed E-state index contributed by atoms with van der Waals surface area (Å²) >= 11 is 4.10. The minimum absolute atomic E-state index is 0.102. The number of carboxylic acid groups (broad SMARTS) is 1. The molecule has 19 nitrogen and oxygen atoms in total. The molecule has 1 aliphatic rings. The predicted molar refractivity (Wildman–Crippen MR) is 227 cm³/mol. The Balaban J connectivity index is 1.20. The first-order valence-electron chi connectivity index (χ1n) is 19.1. The topological polar surface area (TPSA) is 273 Å². The van der Waals surface area contributed by atoms with Crippen LogP contribution in [0.1, 0.15) is 63.5 Å². The molecule has 0 aliphatic carbocycles. The lowest BCUT2D eigenvalue weighted by molar-refractivity contribution is -0.139. The van der Waals surface area contributed by atoms with Gasteiger partial charge in [-0.25, -0.2) is 22.8 Å². The van der Waals surface area contributed by atoms with Gasteiger partial charge in [0.1, 0.15) is 0 Å². The fourth-order valence-corrected chi connectivity index (χ4v) is 7.24. The van der Waals surface area contributed by atoms with Gasteiger partial charge >= 0.3 is 24.1 Å². The van der Waals surface area contributed by atoms with Crippen LogP contribution < -0.4 is 41.9 Å². The number of amides is 9. The number of urea groups is 3. The van der Waals surface area contributed by atoms with Gasteiger partial charge in [-0.2, -0.15) is 12.6 Å². The third kappa shape index (κ3) is 15.1. The van der Waals surface area contributed by atoms with Gasteiger partial charge < -0.3 is 42.3 Å². The number of likely N-dealkylation sites (tertiary alicyclic amines) is 1. The third-order valence-corrected chi connectivity index (χ3v) is 10.6. The molecule has 1 fully saturated rings. The van der Waals surface area contributed by atoms with Crippen molar-refractivity contribution in [3.8, 4) is 0 Å². The molecule has 322 valence electrons. The van der Waals surface area contributed by atoms with Crippen LogP contribution >= 0.6 is 12.6 Å². The third-order valence-electron chi connectivity index (χ3n) is 8.80. The summed E-state index contributed by atoms with van der Waals surface area (Å²) in [5.41, 5.74) is 1.38. The Bertz CT molecular complexity index is 2140. The zero-order valence-corrected chi connectivity index (χ0v) is 34.5. The lowest BCUT2D eigenvalue weighted by Crippen LogP contribution is -2.36. The smallest absolute Gasteiger partial charge is 0.319 e. The van der Waals surface area contributed by atoms with E-state index in [4.69, 9.17) is 0 Å². The van der Waals surface area contributed by atoms with Crippen LogP contribution in [0, 0.1) is 0 Å². The number of sulfonamides is 1. The van der Waals surface area contributed by atoms with E-state index in [0.717, 1.165) is 6.42 Å². The van der Waals surface area contributed by atoms with Gasteiger partial charge in [0.2, 0.25) is 17.7 Å². The van der Waals surface area contributed by atoms with Crippen molar-refractivity contribution in [2.45, 2.75) is 68.1 Å². The summed E-state index contributed by atoms with van der Waals surface area (Å²) in [7, 11) is -4.15. The first-order chi connectivity index (χ1) is 28.6. The van der Waals surface area contributed by atoms with Crippen LogP contribution in [-0.4, -0.2) is 91.6 Å². The number of thiol groups is 1. The highest BCUT2D eigenvalue weighted by molar-refractivity contribution is 7.92. The van der Waals surface area contributed by atoms with Crippen LogP contribution in [0.5, 0.6) is 0 Å². The van der Waals surface area contributed by atoms with Crippen LogP contribution in [0.2, 0.25) is 0 Å². The highest BCUT2D eigenvalue weighted by atomic mass is 32.2. The van der Waals surface area contributed by atoms with Crippen molar-refractivity contribution in [1.82, 2.24) is 26.2 Å². The molecule has 21 heteroatoms. The lowest BCUT2D eigenvalue weighted by Gasteiger charge is -2.19. The zero-order chi connectivity index (χ0) is 43.7. The molecular formula is C39H49N9O10S2. The SMILES string of the molecule is CCCNC(=O)Nc1cccc(S(=O)(=O)Nc2cccc([C@@H](CC(=O)O)NC(=O)Nc3ccc(NC(=O)NCCNC(=O)CCCCCN4C(=O)CC(S)C4=O)cc3)c2)c1. The van der Waals surface area contributed by atoms with Gasteiger partial charge in [-0.05, 0) is 79.4 Å². The highest BCUT2D eigenvalue weighted by Crippen LogP contribution is 2.25. The molecular weight excluding hydrogens is 819 g/mol. The van der Waals surface area contributed by atoms with E-state index < -0.39 is 51.8 Å². The standard InChI is InChI=1S/C39H49N9O10S2/c1-2-17-41-37(54)45-28-9-7-11-30(22-28)60(57,58)47-29-10-6-8-25(21-29)31(23-35(51)52)46-39(56)44-27-15-13-26(14-16-27)43-38(55)42-19-18-40-33(49)12-4-3-5-20-48-34(50)24-32(59)36(48)53/h6-11,13-16,21-22,31-32,47,59H,2-5,12,17-20,23-24H2,1H3,(H,40,49)(H,51,52)(H2,41,45,54)(H2,42,43,55)(H2,44,46,56)/t31-,32?/m1/s1. The van der Waals surface area contributed by atoms with E-state index in [9.17, 15) is 47.1 Å². The van der Waals surface area contributed by atoms with Gasteiger partial charge in [0, 0.05) is 61.8 Å². The number of nitrogens with zero attached hydrogens (tertiary/aromatic N) is 1. The minimum atomic E-state index is -4.15. The molecule has 0 aromatic heterocycles. The Morgan fingerprint density at radius 1 is 0.767 bits per heavy atom. The van der Waals surface area contributed by atoms with Gasteiger partial charge in [-0.15, -0.1) is 0 Å². The fourth-order valence-electron chi connectivity index (χ4n) is 5.85. The van der Waals surface area contributed by atoms with Gasteiger partial charge in [0.15, 0.2) is 0 Å². The number of benzene rings is 3. The first kappa shape index (κ1) is 46.3. The largest absolute Gasteiger partial charge is 0.481 e. The van der Waals surface area contributed by atoms with Crippen LogP contribution in [0.3, 0.4) is 0 Å². The second kappa shape index (κ2) is 22.7. The molecule has 9 N–H and O–H groups in total. The number of carboxylic acids is 1. The van der Waals surface area contributed by atoms with E-state index in [1.54, 1.807) is 6.07 Å². The average molecular weight is 868 g/mol. The maximum Gasteiger partial charge on any atom is 0.319 e. The molecule has 1 aliphatic heterocycles. The van der Waals surface area contributed by atoms with Crippen molar-refractivity contribution in [2.24, 2.45) is 0 Å². The van der Waals surface area contributed by atoms with Gasteiger partial charge in [0.25, 0.3) is 10.0 Å². The molecule has 3 aromatic rings. The van der Waals surface area contributed by atoms with Crippen LogP contribution in [0.4, 0.5) is 37.1 Å². The molecule has 0 saturated carbocycles. The first-order valence-corrected chi connectivity index (χ1v) is 21.1. The van der Waals surface area contributed by atoms with Crippen molar-refractivity contribution < 1.29 is 47.1 Å². The normalized spacial score (nSPS) is 14.1. The summed E-state index contributed by atoms with van der Waals surface area (Å²) in [5, 5.41) is 27.4. The summed E-state index contributed by atoms with van der Waals surface area (Å²) in [6, 6.07) is 14.8. The number of carbonyl (C=O) groups excluding carboxylic acids is 6. The molecule has 1 saturated heterocycles. The summed E-state index contributed by atoms with van der Waals surface area (Å²) in [5.74, 6) is -1.92. The maximum absolute atomic E-state index is 13.2. The van der Waals surface area contributed by atoms with E-state index in [1.165, 1.54) is 71.6 Å². The zero-order valence-electron chi connectivity index (χ0n) is 32.8. The Morgan fingerprint density at radius 2 is 1.38 bits per heavy atom. The Labute approximate surface area is 352 Å². The number of rotatable bonds is 21. The molecule has 4 rings (SSSR count). The molecule has 0 bridgehead atoms. The number of hydrogen-bond donors (Lipinski definition) is 10. The number of carbonyl (C=O) groups is 7. The second-order valence-electron chi connectivity index (χ2n) is 13.6. The predicted octanol–water partition coefficient (Wildman–Crippen LogP) is 4.21. The maximum atomic E-state index is 13.2. The van der Waals surface area contributed by atoms with Gasteiger partial charge in [-0.1, -0.05) is 31.5 Å². The quantitative estimate of drug-likeness (QED) is 0.0414. The molecule has 1 unspecified atom stereocenters. The molecule has 3 aromatic carbocycles. The van der Waals surface area contributed by atoms with Crippen molar-refractivity contribution in [2.75, 3.05) is 46.9 Å². The molecule has 2 atom stereocenters. The van der Waals surface area contributed by atoms with E-state index >= 15 is 0 Å². The van der Waals surface area contributed by atoms with Crippen molar-refractivity contribution in [3.05, 3.63) is 78.4 Å². The molecule has 9 amide bonds. The van der Waals surface area contributed by atoms with Gasteiger partial charge in [-0.3, -0.25) is 28.8 Å². The van der Waals surface area contributed by atoms with Gasteiger partial charge in [0.05, 0.1) is 22.6 Å². The van der Waals surface area contributed by atoms with E-state index in [-0.39, 0.29) is 59.9 Å². The molecule has 0 spiro atoms. The summed E-state index contributed by atoms with van der Waals surface area (Å²) in [6.45, 7) is 3.00. The molecule has 1 heterocycles. The number of unbranched alkanes of at least 4 members (excludes halogenated alkanes) is 2. The highest BCUT2D eigenvalue weighted by Gasteiger charge is 2.35. The number of nitrogens with one attached hydrogen (secondary N) is 8. The number of anilines is 4. The van der Waals surface area contributed by atoms with E-state index in [2.05, 4.69) is 54.6 Å². The van der Waals surface area contributed by atoms with Crippen LogP contribution in [0.25, 0.3) is 0 Å². The molecule has 60 heavy (non-hydrogen) atoms. The van der Waals surface area contributed by atoms with Crippen molar-refractivity contribution >= 4 is 87.2 Å². The number of imide groups is 1. The van der Waals surface area contributed by atoms with Crippen LogP contribution in [-0.2, 0) is 29.2 Å². The fraction of sp³-hybridized carbons (Fsp3) is 0.359. The van der Waals surface area contributed by atoms with Crippen molar-refractivity contribution in [3.63, 3.8) is 0 Å². The monoisotopic (exact) mass is 867 g/mol. The van der Waals surface area contributed by atoms with E-state index in [0.29, 0.717) is 49.3 Å². The Kier molecular flexibility index (Phi) is 17.5. The summed E-state index contributed by atoms with van der Waals surface area (Å²) in [4.78, 5) is 86.0. The molecule has 0 radical (unpaired) electrons. The minimum Gasteiger partial charge on any atom is -0.481 e. The lowest BCUT2D eigenvalue weighted by atomic mass is 10.0. The number of aliphatic carboxylic acids is 1. The average Bonchev–Trinajstić information content (AvgIpc) is 3.44. The summed E-state index contributed by atoms with van der Waals surface area (Å²) < 4.78 is 28.9.